The molecule has 0 aromatic rings. The molecule has 3 N–H and O–H groups in total. The summed E-state index contributed by atoms with van der Waals surface area (Å²) in [6.07, 6.45) is 22.0. The average Bonchev–Trinajstić information content (AvgIpc) is 2.63. The molecule has 4 nitrogen and oxygen atoms in total. The van der Waals surface area contributed by atoms with Gasteiger partial charge in [0, 0.05) is 0 Å². The maximum Gasteiger partial charge on any atom is 0.255 e. The SMILES string of the molecule is CCCCCCCCCCCCCCCCC=CNC(=O)C(O)CO. The number of aliphatic hydroxyl groups is 2. The molecule has 1 amide bonds. The number of carbonyl (C=O) groups excluding carboxylic acids is 1. The molecule has 0 fully saturated rings. The molecule has 0 saturated carbocycles. The summed E-state index contributed by atoms with van der Waals surface area (Å²) in [6, 6.07) is 0. The van der Waals surface area contributed by atoms with Crippen molar-refractivity contribution < 1.29 is 15.0 Å². The molecule has 1 unspecified atom stereocenters. The molecule has 0 aromatic carbocycles. The van der Waals surface area contributed by atoms with Crippen molar-refractivity contribution in [3.05, 3.63) is 12.3 Å². The summed E-state index contributed by atoms with van der Waals surface area (Å²) in [5.41, 5.74) is 0. The van der Waals surface area contributed by atoms with Gasteiger partial charge in [-0.15, -0.1) is 0 Å². The van der Waals surface area contributed by atoms with Gasteiger partial charge in [-0.2, -0.15) is 0 Å². The summed E-state index contributed by atoms with van der Waals surface area (Å²) in [7, 11) is 0. The minimum absolute atomic E-state index is 0.543. The van der Waals surface area contributed by atoms with Crippen molar-refractivity contribution in [1.29, 1.82) is 0 Å². The fourth-order valence-electron chi connectivity index (χ4n) is 2.86. The monoisotopic (exact) mass is 355 g/mol. The normalized spacial score (nSPS) is 12.6. The largest absolute Gasteiger partial charge is 0.393 e. The second kappa shape index (κ2) is 19.5. The minimum atomic E-state index is -1.33. The van der Waals surface area contributed by atoms with E-state index in [9.17, 15) is 4.79 Å². The van der Waals surface area contributed by atoms with Gasteiger partial charge < -0.3 is 15.5 Å². The molecule has 0 aliphatic carbocycles. The molecule has 0 heterocycles. The molecule has 0 rings (SSSR count). The van der Waals surface area contributed by atoms with Crippen molar-refractivity contribution in [3.8, 4) is 0 Å². The number of allylic oxidation sites excluding steroid dienone is 1. The fourth-order valence-corrected chi connectivity index (χ4v) is 2.86. The summed E-state index contributed by atoms with van der Waals surface area (Å²) in [5.74, 6) is -0.556. The smallest absolute Gasteiger partial charge is 0.255 e. The van der Waals surface area contributed by atoms with E-state index in [0.717, 1.165) is 12.8 Å². The fraction of sp³-hybridized carbons (Fsp3) is 0.857. The van der Waals surface area contributed by atoms with Crippen LogP contribution in [0.1, 0.15) is 103 Å². The van der Waals surface area contributed by atoms with Crippen LogP contribution < -0.4 is 5.32 Å². The van der Waals surface area contributed by atoms with E-state index in [1.54, 1.807) is 6.20 Å². The van der Waals surface area contributed by atoms with Crippen LogP contribution in [0.5, 0.6) is 0 Å². The Hall–Kier alpha value is -0.870. The zero-order chi connectivity index (χ0) is 18.6. The number of rotatable bonds is 18. The summed E-state index contributed by atoms with van der Waals surface area (Å²) in [6.45, 7) is 1.72. The third kappa shape index (κ3) is 17.7. The minimum Gasteiger partial charge on any atom is -0.393 e. The van der Waals surface area contributed by atoms with Crippen LogP contribution in [0, 0.1) is 0 Å². The number of aliphatic hydroxyl groups excluding tert-OH is 2. The van der Waals surface area contributed by atoms with E-state index < -0.39 is 18.6 Å². The molecule has 0 spiro atoms. The highest BCUT2D eigenvalue weighted by Gasteiger charge is 2.10. The van der Waals surface area contributed by atoms with E-state index >= 15 is 0 Å². The number of unbranched alkanes of at least 4 members (excludes halogenated alkanes) is 14. The molecule has 0 radical (unpaired) electrons. The van der Waals surface area contributed by atoms with Gasteiger partial charge in [0.2, 0.25) is 0 Å². The van der Waals surface area contributed by atoms with Gasteiger partial charge in [0.15, 0.2) is 6.10 Å². The van der Waals surface area contributed by atoms with E-state index in [1.807, 2.05) is 6.08 Å². The predicted octanol–water partition coefficient (Wildman–Crippen LogP) is 4.84. The van der Waals surface area contributed by atoms with Gasteiger partial charge in [0.05, 0.1) is 6.61 Å². The predicted molar refractivity (Wildman–Crippen MR) is 105 cm³/mol. The van der Waals surface area contributed by atoms with E-state index in [2.05, 4.69) is 12.2 Å². The first-order valence-corrected chi connectivity index (χ1v) is 10.5. The lowest BCUT2D eigenvalue weighted by Gasteiger charge is -2.04. The summed E-state index contributed by atoms with van der Waals surface area (Å²) >= 11 is 0. The number of amides is 1. The zero-order valence-electron chi connectivity index (χ0n) is 16.3. The van der Waals surface area contributed by atoms with Crippen molar-refractivity contribution in [2.75, 3.05) is 6.61 Å². The Morgan fingerprint density at radius 1 is 0.840 bits per heavy atom. The third-order valence-corrected chi connectivity index (χ3v) is 4.54. The molecule has 4 heteroatoms. The first-order valence-electron chi connectivity index (χ1n) is 10.5. The van der Waals surface area contributed by atoms with Gasteiger partial charge in [-0.3, -0.25) is 4.79 Å². The van der Waals surface area contributed by atoms with E-state index in [0.29, 0.717) is 0 Å². The molecule has 0 saturated heterocycles. The van der Waals surface area contributed by atoms with E-state index in [-0.39, 0.29) is 0 Å². The van der Waals surface area contributed by atoms with E-state index in [4.69, 9.17) is 10.2 Å². The third-order valence-electron chi connectivity index (χ3n) is 4.54. The van der Waals surface area contributed by atoms with Gasteiger partial charge in [-0.25, -0.2) is 0 Å². The number of carbonyl (C=O) groups is 1. The van der Waals surface area contributed by atoms with Crippen molar-refractivity contribution in [2.24, 2.45) is 0 Å². The van der Waals surface area contributed by atoms with Gasteiger partial charge in [-0.05, 0) is 19.0 Å². The lowest BCUT2D eigenvalue weighted by Crippen LogP contribution is -2.33. The van der Waals surface area contributed by atoms with Crippen molar-refractivity contribution >= 4 is 5.91 Å². The van der Waals surface area contributed by atoms with Gasteiger partial charge in [0.25, 0.3) is 5.91 Å². The Kier molecular flexibility index (Phi) is 18.8. The van der Waals surface area contributed by atoms with Crippen molar-refractivity contribution in [1.82, 2.24) is 5.32 Å². The first-order chi connectivity index (χ1) is 12.2. The molecular weight excluding hydrogens is 314 g/mol. The van der Waals surface area contributed by atoms with Crippen LogP contribution in [0.3, 0.4) is 0 Å². The standard InChI is InChI=1S/C21H41NO3/c1-2-3-4-5-6-7-8-9-10-11-12-13-14-15-16-17-18-22-21(25)20(24)19-23/h17-18,20,23-24H,2-16,19H2,1H3,(H,22,25). The second-order valence-electron chi connectivity index (χ2n) is 6.99. The zero-order valence-corrected chi connectivity index (χ0v) is 16.3. The number of hydrogen-bond donors (Lipinski definition) is 3. The Morgan fingerprint density at radius 3 is 1.72 bits per heavy atom. The topological polar surface area (TPSA) is 69.6 Å². The summed E-state index contributed by atoms with van der Waals surface area (Å²) in [5, 5.41) is 20.1. The maximum atomic E-state index is 11.2. The van der Waals surface area contributed by atoms with Crippen LogP contribution in [0.15, 0.2) is 12.3 Å². The maximum absolute atomic E-state index is 11.2. The molecular formula is C21H41NO3. The molecule has 0 aliphatic rings. The highest BCUT2D eigenvalue weighted by Crippen LogP contribution is 2.13. The van der Waals surface area contributed by atoms with Crippen LogP contribution in [0.25, 0.3) is 0 Å². The van der Waals surface area contributed by atoms with Crippen LogP contribution in [-0.2, 0) is 4.79 Å². The lowest BCUT2D eigenvalue weighted by atomic mass is 10.0. The number of hydrogen-bond acceptors (Lipinski definition) is 3. The molecule has 148 valence electrons. The van der Waals surface area contributed by atoms with Crippen LogP contribution >= 0.6 is 0 Å². The van der Waals surface area contributed by atoms with Crippen LogP contribution in [-0.4, -0.2) is 28.8 Å². The Morgan fingerprint density at radius 2 is 1.28 bits per heavy atom. The van der Waals surface area contributed by atoms with Crippen LogP contribution in [0.4, 0.5) is 0 Å². The molecule has 0 aromatic heterocycles. The first kappa shape index (κ1) is 24.1. The Bertz CT molecular complexity index is 318. The molecule has 1 atom stereocenters. The second-order valence-corrected chi connectivity index (χ2v) is 6.99. The van der Waals surface area contributed by atoms with Gasteiger partial charge in [-0.1, -0.05) is 96.5 Å². The molecule has 0 bridgehead atoms. The van der Waals surface area contributed by atoms with Crippen molar-refractivity contribution in [2.45, 2.75) is 109 Å². The Labute approximate surface area is 155 Å². The van der Waals surface area contributed by atoms with Crippen molar-refractivity contribution in [3.63, 3.8) is 0 Å². The molecule has 0 aliphatic heterocycles. The van der Waals surface area contributed by atoms with Gasteiger partial charge >= 0.3 is 0 Å². The van der Waals surface area contributed by atoms with Crippen LogP contribution in [0.2, 0.25) is 0 Å². The number of nitrogens with one attached hydrogen (secondary N) is 1. The summed E-state index contributed by atoms with van der Waals surface area (Å²) < 4.78 is 0. The summed E-state index contributed by atoms with van der Waals surface area (Å²) in [4.78, 5) is 11.2. The highest BCUT2D eigenvalue weighted by molar-refractivity contribution is 5.81. The van der Waals surface area contributed by atoms with E-state index in [1.165, 1.54) is 83.5 Å². The average molecular weight is 356 g/mol. The van der Waals surface area contributed by atoms with Gasteiger partial charge in [0.1, 0.15) is 0 Å². The lowest BCUT2D eigenvalue weighted by molar-refractivity contribution is -0.130. The highest BCUT2D eigenvalue weighted by atomic mass is 16.3. The Balaban J connectivity index is 3.17. The quantitative estimate of drug-likeness (QED) is 0.308. The molecule has 25 heavy (non-hydrogen) atoms.